The van der Waals surface area contributed by atoms with E-state index in [1.165, 1.54) is 0 Å². The van der Waals surface area contributed by atoms with E-state index in [0.717, 1.165) is 33.6 Å². The number of pyridine rings is 2. The van der Waals surface area contributed by atoms with Gasteiger partial charge in [-0.05, 0) is 61.4 Å². The Morgan fingerprint density at radius 3 is 2.46 bits per heavy atom. The summed E-state index contributed by atoms with van der Waals surface area (Å²) in [6.45, 7) is 3.91. The Balaban J connectivity index is 1.70. The summed E-state index contributed by atoms with van der Waals surface area (Å²) in [4.78, 5) is 8.96. The zero-order valence-electron chi connectivity index (χ0n) is 15.8. The molecule has 0 fully saturated rings. The average Bonchev–Trinajstić information content (AvgIpc) is 2.72. The summed E-state index contributed by atoms with van der Waals surface area (Å²) in [6.07, 6.45) is 1.69. The Morgan fingerprint density at radius 2 is 1.64 bits per heavy atom. The SMILES string of the molecule is Cc1cc(C)c(O)c(-c2cccc(-c3cccc(Oc4ccccn4)c3)n2)c1. The number of ether oxygens (including phenoxy) is 1. The molecule has 0 amide bonds. The minimum Gasteiger partial charge on any atom is -0.507 e. The van der Waals surface area contributed by atoms with Gasteiger partial charge in [0.05, 0.1) is 11.4 Å². The summed E-state index contributed by atoms with van der Waals surface area (Å²) in [7, 11) is 0. The molecule has 0 aliphatic carbocycles. The van der Waals surface area contributed by atoms with Gasteiger partial charge in [0.2, 0.25) is 5.88 Å². The van der Waals surface area contributed by atoms with Gasteiger partial charge in [-0.1, -0.05) is 30.3 Å². The second-order valence-corrected chi connectivity index (χ2v) is 6.68. The number of benzene rings is 2. The van der Waals surface area contributed by atoms with Gasteiger partial charge < -0.3 is 9.84 Å². The Hall–Kier alpha value is -3.66. The number of rotatable bonds is 4. The van der Waals surface area contributed by atoms with Crippen LogP contribution in [-0.2, 0) is 0 Å². The van der Waals surface area contributed by atoms with Crippen LogP contribution in [0.4, 0.5) is 0 Å². The molecule has 4 nitrogen and oxygen atoms in total. The normalized spacial score (nSPS) is 10.6. The number of hydrogen-bond donors (Lipinski definition) is 1. The molecule has 0 radical (unpaired) electrons. The molecule has 2 aromatic carbocycles. The van der Waals surface area contributed by atoms with Crippen LogP contribution in [0.25, 0.3) is 22.5 Å². The predicted octanol–water partition coefficient (Wildman–Crippen LogP) is 5.93. The van der Waals surface area contributed by atoms with E-state index in [4.69, 9.17) is 9.72 Å². The third-order valence-electron chi connectivity index (χ3n) is 4.46. The molecule has 4 heteroatoms. The zero-order chi connectivity index (χ0) is 19.5. The van der Waals surface area contributed by atoms with E-state index in [2.05, 4.69) is 4.98 Å². The van der Waals surface area contributed by atoms with Gasteiger partial charge in [0.1, 0.15) is 11.5 Å². The zero-order valence-corrected chi connectivity index (χ0v) is 15.8. The van der Waals surface area contributed by atoms with Crippen LogP contribution in [0.2, 0.25) is 0 Å². The number of aromatic nitrogens is 2. The molecule has 0 atom stereocenters. The van der Waals surface area contributed by atoms with Crippen LogP contribution in [0.5, 0.6) is 17.4 Å². The van der Waals surface area contributed by atoms with Crippen molar-refractivity contribution >= 4 is 0 Å². The van der Waals surface area contributed by atoms with Crippen LogP contribution in [0.1, 0.15) is 11.1 Å². The molecule has 0 unspecified atom stereocenters. The minimum absolute atomic E-state index is 0.266. The van der Waals surface area contributed by atoms with Crippen molar-refractivity contribution in [3.63, 3.8) is 0 Å². The molecule has 1 N–H and O–H groups in total. The van der Waals surface area contributed by atoms with E-state index in [-0.39, 0.29) is 5.75 Å². The first-order chi connectivity index (χ1) is 13.6. The molecule has 28 heavy (non-hydrogen) atoms. The van der Waals surface area contributed by atoms with Gasteiger partial charge in [0, 0.05) is 23.4 Å². The quantitative estimate of drug-likeness (QED) is 0.485. The third-order valence-corrected chi connectivity index (χ3v) is 4.46. The summed E-state index contributed by atoms with van der Waals surface area (Å²) in [6, 6.07) is 23.0. The Kier molecular flexibility index (Phi) is 4.77. The van der Waals surface area contributed by atoms with Gasteiger partial charge in [-0.3, -0.25) is 0 Å². The summed E-state index contributed by atoms with van der Waals surface area (Å²) in [5.41, 5.74) is 5.14. The third kappa shape index (κ3) is 3.71. The smallest absolute Gasteiger partial charge is 0.219 e. The van der Waals surface area contributed by atoms with Crippen molar-refractivity contribution in [3.8, 4) is 39.9 Å². The van der Waals surface area contributed by atoms with Crippen molar-refractivity contribution in [3.05, 3.63) is 90.1 Å². The highest BCUT2D eigenvalue weighted by atomic mass is 16.5. The van der Waals surface area contributed by atoms with Gasteiger partial charge in [-0.25, -0.2) is 9.97 Å². The highest BCUT2D eigenvalue weighted by Crippen LogP contribution is 2.33. The maximum absolute atomic E-state index is 10.5. The maximum atomic E-state index is 10.5. The first kappa shape index (κ1) is 17.7. The van der Waals surface area contributed by atoms with Crippen LogP contribution < -0.4 is 4.74 Å². The molecule has 2 heterocycles. The molecule has 0 spiro atoms. The monoisotopic (exact) mass is 368 g/mol. The van der Waals surface area contributed by atoms with Crippen LogP contribution in [0, 0.1) is 13.8 Å². The van der Waals surface area contributed by atoms with E-state index in [1.807, 2.05) is 86.6 Å². The lowest BCUT2D eigenvalue weighted by Gasteiger charge is -2.11. The first-order valence-electron chi connectivity index (χ1n) is 9.07. The fourth-order valence-corrected chi connectivity index (χ4v) is 3.15. The van der Waals surface area contributed by atoms with Crippen molar-refractivity contribution in [2.75, 3.05) is 0 Å². The Bertz CT molecular complexity index is 1120. The number of aromatic hydroxyl groups is 1. The largest absolute Gasteiger partial charge is 0.507 e. The molecule has 0 saturated carbocycles. The number of aryl methyl sites for hydroxylation is 2. The highest BCUT2D eigenvalue weighted by Gasteiger charge is 2.11. The lowest BCUT2D eigenvalue weighted by atomic mass is 10.0. The lowest BCUT2D eigenvalue weighted by molar-refractivity contribution is 0.463. The predicted molar refractivity (Wildman–Crippen MR) is 111 cm³/mol. The summed E-state index contributed by atoms with van der Waals surface area (Å²) >= 11 is 0. The highest BCUT2D eigenvalue weighted by molar-refractivity contribution is 5.72. The molecule has 4 aromatic rings. The van der Waals surface area contributed by atoms with Crippen molar-refractivity contribution < 1.29 is 9.84 Å². The molecular weight excluding hydrogens is 348 g/mol. The van der Waals surface area contributed by atoms with Gasteiger partial charge in [0.25, 0.3) is 0 Å². The molecule has 0 bridgehead atoms. The molecule has 2 aromatic heterocycles. The van der Waals surface area contributed by atoms with Crippen molar-refractivity contribution in [2.45, 2.75) is 13.8 Å². The lowest BCUT2D eigenvalue weighted by Crippen LogP contribution is -1.92. The first-order valence-corrected chi connectivity index (χ1v) is 9.07. The van der Waals surface area contributed by atoms with Gasteiger partial charge >= 0.3 is 0 Å². The van der Waals surface area contributed by atoms with Crippen LogP contribution in [0.3, 0.4) is 0 Å². The van der Waals surface area contributed by atoms with Crippen LogP contribution in [0.15, 0.2) is 79.0 Å². The summed E-state index contributed by atoms with van der Waals surface area (Å²) in [5.74, 6) is 1.50. The molecular formula is C24H20N2O2. The van der Waals surface area contributed by atoms with Crippen LogP contribution >= 0.6 is 0 Å². The molecule has 0 saturated heterocycles. The summed E-state index contributed by atoms with van der Waals surface area (Å²) < 4.78 is 5.83. The second kappa shape index (κ2) is 7.53. The van der Waals surface area contributed by atoms with E-state index < -0.39 is 0 Å². The Labute approximate surface area is 164 Å². The van der Waals surface area contributed by atoms with Gasteiger partial charge in [-0.2, -0.15) is 0 Å². The molecule has 4 rings (SSSR count). The maximum Gasteiger partial charge on any atom is 0.219 e. The molecule has 138 valence electrons. The topological polar surface area (TPSA) is 55.2 Å². The fraction of sp³-hybridized carbons (Fsp3) is 0.0833. The van der Waals surface area contributed by atoms with Gasteiger partial charge in [-0.15, -0.1) is 0 Å². The van der Waals surface area contributed by atoms with E-state index in [9.17, 15) is 5.11 Å². The standard InChI is InChI=1S/C24H20N2O2/c1-16-13-17(2)24(27)20(14-16)22-10-6-9-21(26-22)18-7-5-8-19(15-18)28-23-11-3-4-12-25-23/h3-15,27H,1-2H3. The number of nitrogens with zero attached hydrogens (tertiary/aromatic N) is 2. The Morgan fingerprint density at radius 1 is 0.821 bits per heavy atom. The second-order valence-electron chi connectivity index (χ2n) is 6.68. The number of phenolic OH excluding ortho intramolecular Hbond substituents is 1. The van der Waals surface area contributed by atoms with Crippen molar-refractivity contribution in [2.24, 2.45) is 0 Å². The average molecular weight is 368 g/mol. The van der Waals surface area contributed by atoms with E-state index >= 15 is 0 Å². The van der Waals surface area contributed by atoms with Crippen molar-refractivity contribution in [1.82, 2.24) is 9.97 Å². The fourth-order valence-electron chi connectivity index (χ4n) is 3.15. The van der Waals surface area contributed by atoms with Gasteiger partial charge in [0.15, 0.2) is 0 Å². The van der Waals surface area contributed by atoms with E-state index in [1.54, 1.807) is 6.20 Å². The van der Waals surface area contributed by atoms with Crippen LogP contribution in [-0.4, -0.2) is 15.1 Å². The molecule has 0 aliphatic rings. The van der Waals surface area contributed by atoms with Crippen molar-refractivity contribution in [1.29, 1.82) is 0 Å². The number of hydrogen-bond acceptors (Lipinski definition) is 4. The van der Waals surface area contributed by atoms with E-state index in [0.29, 0.717) is 11.6 Å². The minimum atomic E-state index is 0.266. The molecule has 0 aliphatic heterocycles. The number of phenols is 1. The summed E-state index contributed by atoms with van der Waals surface area (Å²) in [5, 5.41) is 10.5.